The number of anilines is 2. The molecule has 0 spiro atoms. The highest BCUT2D eigenvalue weighted by molar-refractivity contribution is 6.27. The first-order valence-corrected chi connectivity index (χ1v) is 13.6. The fraction of sp³-hybridized carbons (Fsp3) is 0.250. The van der Waals surface area contributed by atoms with E-state index in [1.165, 1.54) is 11.1 Å². The molecule has 1 N–H and O–H groups in total. The predicted octanol–water partition coefficient (Wildman–Crippen LogP) is 5.44. The van der Waals surface area contributed by atoms with Gasteiger partial charge in [0, 0.05) is 36.9 Å². The van der Waals surface area contributed by atoms with Crippen molar-refractivity contribution in [2.24, 2.45) is 0 Å². The maximum Gasteiger partial charge on any atom is 0.263 e. The molecule has 5 rings (SSSR count). The third-order valence-electron chi connectivity index (χ3n) is 7.09. The summed E-state index contributed by atoms with van der Waals surface area (Å²) < 4.78 is 11.4. The number of para-hydroxylation sites is 1. The number of carbonyl (C=O) groups is 2. The Kier molecular flexibility index (Phi) is 8.55. The smallest absolute Gasteiger partial charge is 0.263 e. The van der Waals surface area contributed by atoms with Crippen LogP contribution in [0, 0.1) is 0 Å². The van der Waals surface area contributed by atoms with Crippen molar-refractivity contribution in [1.82, 2.24) is 14.9 Å². The van der Waals surface area contributed by atoms with E-state index in [0.717, 1.165) is 42.4 Å². The number of hydrogen-bond donors (Lipinski definition) is 1. The van der Waals surface area contributed by atoms with Crippen LogP contribution in [0.25, 0.3) is 10.9 Å². The number of methoxy groups -OCH3 is 1. The zero-order valence-corrected chi connectivity index (χ0v) is 23.5. The number of pyridine rings is 2. The summed E-state index contributed by atoms with van der Waals surface area (Å²) in [5.41, 5.74) is 2.29. The molecule has 1 saturated heterocycles. The molecule has 2 amide bonds. The number of likely N-dealkylation sites (N-methyl/N-ethyl adjacent to an activating group) is 1. The van der Waals surface area contributed by atoms with Crippen LogP contribution in [0.4, 0.5) is 11.5 Å². The van der Waals surface area contributed by atoms with Crippen molar-refractivity contribution in [2.45, 2.75) is 19.8 Å². The highest BCUT2D eigenvalue weighted by Crippen LogP contribution is 2.31. The van der Waals surface area contributed by atoms with Gasteiger partial charge in [-0.1, -0.05) is 18.2 Å². The fourth-order valence-electron chi connectivity index (χ4n) is 4.90. The van der Waals surface area contributed by atoms with Gasteiger partial charge in [-0.2, -0.15) is 0 Å². The first-order valence-electron chi connectivity index (χ1n) is 13.6. The number of hydrogen-bond acceptors (Lipinski definition) is 7. The van der Waals surface area contributed by atoms with Crippen LogP contribution in [-0.4, -0.2) is 60.5 Å². The van der Waals surface area contributed by atoms with Gasteiger partial charge in [0.15, 0.2) is 0 Å². The van der Waals surface area contributed by atoms with Gasteiger partial charge in [0.25, 0.3) is 11.8 Å². The lowest BCUT2D eigenvalue weighted by atomic mass is 10.1. The molecule has 1 fully saturated rings. The van der Waals surface area contributed by atoms with Gasteiger partial charge >= 0.3 is 0 Å². The monoisotopic (exact) mass is 551 g/mol. The maximum atomic E-state index is 13.6. The highest BCUT2D eigenvalue weighted by Gasteiger charge is 2.27. The third-order valence-corrected chi connectivity index (χ3v) is 7.09. The Morgan fingerprint density at radius 3 is 2.44 bits per heavy atom. The molecule has 2 aromatic carbocycles. The molecule has 0 unspecified atom stereocenters. The van der Waals surface area contributed by atoms with Crippen molar-refractivity contribution in [3.63, 3.8) is 0 Å². The van der Waals surface area contributed by atoms with Crippen LogP contribution in [0.3, 0.4) is 0 Å². The molecule has 41 heavy (non-hydrogen) atoms. The maximum absolute atomic E-state index is 13.6. The topological polar surface area (TPSA) is 96.9 Å². The summed E-state index contributed by atoms with van der Waals surface area (Å²) in [7, 11) is 3.29. The van der Waals surface area contributed by atoms with E-state index in [4.69, 9.17) is 9.47 Å². The van der Waals surface area contributed by atoms with Crippen LogP contribution in [-0.2, 0) is 9.59 Å². The van der Waals surface area contributed by atoms with Crippen molar-refractivity contribution in [3.05, 3.63) is 90.3 Å². The second-order valence-electron chi connectivity index (χ2n) is 9.97. The van der Waals surface area contributed by atoms with E-state index in [-0.39, 0.29) is 11.5 Å². The standard InChI is InChI=1S/C32H33N5O4/c1-22(21-37-17-7-8-18-37)30(32(39)36(2)23-9-5-4-6-10-23)31(38)35-29-14-12-25(20-34-29)41-28-15-16-33-27-19-24(40-3)11-13-26(27)28/h4-6,9-16,19-20H,7-8,17-18,21H2,1-3H3,(H,34,35,38)/b30-22+. The van der Waals surface area contributed by atoms with E-state index in [2.05, 4.69) is 20.2 Å². The number of fused-ring (bicyclic) bond motifs is 1. The molecule has 3 heterocycles. The Labute approximate surface area is 239 Å². The minimum Gasteiger partial charge on any atom is -0.497 e. The van der Waals surface area contributed by atoms with Crippen molar-refractivity contribution < 1.29 is 19.1 Å². The first kappa shape index (κ1) is 27.8. The summed E-state index contributed by atoms with van der Waals surface area (Å²) >= 11 is 0. The normalized spacial score (nSPS) is 13.9. The van der Waals surface area contributed by atoms with Crippen LogP contribution in [0.15, 0.2) is 90.3 Å². The molecule has 210 valence electrons. The number of nitrogens with one attached hydrogen (secondary N) is 1. The first-order chi connectivity index (χ1) is 19.9. The fourth-order valence-corrected chi connectivity index (χ4v) is 4.90. The van der Waals surface area contributed by atoms with Crippen LogP contribution in [0.1, 0.15) is 19.8 Å². The molecular weight excluding hydrogens is 518 g/mol. The number of ether oxygens (including phenoxy) is 2. The molecule has 9 nitrogen and oxygen atoms in total. The van der Waals surface area contributed by atoms with Gasteiger partial charge in [0.2, 0.25) is 0 Å². The number of amides is 2. The molecule has 0 aliphatic carbocycles. The van der Waals surface area contributed by atoms with Crippen molar-refractivity contribution >= 4 is 34.2 Å². The Balaban J connectivity index is 1.34. The summed E-state index contributed by atoms with van der Waals surface area (Å²) in [6.45, 7) is 4.32. The van der Waals surface area contributed by atoms with E-state index in [1.807, 2.05) is 55.5 Å². The van der Waals surface area contributed by atoms with Crippen molar-refractivity contribution in [3.8, 4) is 17.2 Å². The quantitative estimate of drug-likeness (QED) is 0.168. The van der Waals surface area contributed by atoms with E-state index >= 15 is 0 Å². The minimum absolute atomic E-state index is 0.115. The number of benzene rings is 2. The summed E-state index contributed by atoms with van der Waals surface area (Å²) in [5, 5.41) is 3.64. The Morgan fingerprint density at radius 2 is 1.73 bits per heavy atom. The number of nitrogens with zero attached hydrogens (tertiary/aromatic N) is 4. The van der Waals surface area contributed by atoms with Crippen LogP contribution in [0.2, 0.25) is 0 Å². The van der Waals surface area contributed by atoms with Gasteiger partial charge in [-0.25, -0.2) is 4.98 Å². The zero-order valence-electron chi connectivity index (χ0n) is 23.5. The molecule has 4 aromatic rings. The van der Waals surface area contributed by atoms with Crippen LogP contribution < -0.4 is 19.7 Å². The van der Waals surface area contributed by atoms with Gasteiger partial charge < -0.3 is 19.7 Å². The Hall–Kier alpha value is -4.76. The molecule has 1 aliphatic rings. The number of rotatable bonds is 9. The molecule has 2 aromatic heterocycles. The van der Waals surface area contributed by atoms with Gasteiger partial charge in [0.1, 0.15) is 28.6 Å². The molecule has 0 bridgehead atoms. The SMILES string of the molecule is COc1ccc2c(Oc3ccc(NC(=O)/C(C(=O)N(C)c4ccccc4)=C(/C)CN4CCCC4)nc3)ccnc2c1. The zero-order chi connectivity index (χ0) is 28.8. The van der Waals surface area contributed by atoms with E-state index in [0.29, 0.717) is 35.3 Å². The lowest BCUT2D eigenvalue weighted by Gasteiger charge is -2.22. The molecule has 1 aliphatic heterocycles. The molecule has 9 heteroatoms. The summed E-state index contributed by atoms with van der Waals surface area (Å²) in [4.78, 5) is 39.7. The van der Waals surface area contributed by atoms with Crippen LogP contribution in [0.5, 0.6) is 17.2 Å². The van der Waals surface area contributed by atoms with Crippen molar-refractivity contribution in [2.75, 3.05) is 44.0 Å². The average Bonchev–Trinajstić information content (AvgIpc) is 3.51. The van der Waals surface area contributed by atoms with E-state index < -0.39 is 5.91 Å². The molecule has 0 atom stereocenters. The summed E-state index contributed by atoms with van der Waals surface area (Å²) in [5.74, 6) is 1.27. The van der Waals surface area contributed by atoms with Gasteiger partial charge in [-0.05, 0) is 80.9 Å². The average molecular weight is 552 g/mol. The third kappa shape index (κ3) is 6.53. The van der Waals surface area contributed by atoms with Gasteiger partial charge in [0.05, 0.1) is 18.8 Å². The van der Waals surface area contributed by atoms with E-state index in [1.54, 1.807) is 38.6 Å². The number of aromatic nitrogens is 2. The largest absolute Gasteiger partial charge is 0.497 e. The Morgan fingerprint density at radius 1 is 0.976 bits per heavy atom. The van der Waals surface area contributed by atoms with Crippen LogP contribution >= 0.6 is 0 Å². The van der Waals surface area contributed by atoms with Crippen molar-refractivity contribution in [1.29, 1.82) is 0 Å². The lowest BCUT2D eigenvalue weighted by Crippen LogP contribution is -2.35. The van der Waals surface area contributed by atoms with Gasteiger partial charge in [-0.15, -0.1) is 0 Å². The summed E-state index contributed by atoms with van der Waals surface area (Å²) in [6, 6.07) is 20.0. The molecule has 0 saturated carbocycles. The number of likely N-dealkylation sites (tertiary alicyclic amines) is 1. The molecular formula is C32H33N5O4. The Bertz CT molecular complexity index is 1560. The lowest BCUT2D eigenvalue weighted by molar-refractivity contribution is -0.119. The van der Waals surface area contributed by atoms with E-state index in [9.17, 15) is 9.59 Å². The molecule has 0 radical (unpaired) electrons. The summed E-state index contributed by atoms with van der Waals surface area (Å²) in [6.07, 6.45) is 5.44. The second-order valence-corrected chi connectivity index (χ2v) is 9.97. The van der Waals surface area contributed by atoms with Gasteiger partial charge in [-0.3, -0.25) is 19.5 Å². The number of carbonyl (C=O) groups excluding carboxylic acids is 2. The predicted molar refractivity (Wildman–Crippen MR) is 159 cm³/mol. The highest BCUT2D eigenvalue weighted by atomic mass is 16.5. The second kappa shape index (κ2) is 12.6. The minimum atomic E-state index is -0.496.